The highest BCUT2D eigenvalue weighted by Gasteiger charge is 1.98. The standard InChI is InChI=1S/C14H14N2O2/c1-2-18-14(17)9-5-6-11-10-15-12-7-3-4-8-13(12)16-11/h3-8,10H,2,9H2,1H3. The van der Waals surface area contributed by atoms with Gasteiger partial charge in [-0.25, -0.2) is 4.98 Å². The van der Waals surface area contributed by atoms with Crippen molar-refractivity contribution in [3.63, 3.8) is 0 Å². The zero-order valence-electron chi connectivity index (χ0n) is 10.2. The molecule has 0 amide bonds. The summed E-state index contributed by atoms with van der Waals surface area (Å²) in [6.45, 7) is 2.19. The van der Waals surface area contributed by atoms with Crippen molar-refractivity contribution in [2.24, 2.45) is 0 Å². The fraction of sp³-hybridized carbons (Fsp3) is 0.214. The van der Waals surface area contributed by atoms with Gasteiger partial charge in [0.1, 0.15) is 0 Å². The number of hydrogen-bond acceptors (Lipinski definition) is 4. The van der Waals surface area contributed by atoms with E-state index in [9.17, 15) is 4.79 Å². The minimum absolute atomic E-state index is 0.234. The summed E-state index contributed by atoms with van der Waals surface area (Å²) < 4.78 is 4.82. The monoisotopic (exact) mass is 242 g/mol. The van der Waals surface area contributed by atoms with Crippen molar-refractivity contribution in [3.05, 3.63) is 42.2 Å². The van der Waals surface area contributed by atoms with Crippen LogP contribution in [-0.4, -0.2) is 22.5 Å². The molecule has 0 spiro atoms. The Morgan fingerprint density at radius 1 is 1.33 bits per heavy atom. The van der Waals surface area contributed by atoms with Crippen LogP contribution < -0.4 is 0 Å². The number of rotatable bonds is 4. The van der Waals surface area contributed by atoms with E-state index in [0.717, 1.165) is 16.7 Å². The van der Waals surface area contributed by atoms with E-state index in [4.69, 9.17) is 4.74 Å². The summed E-state index contributed by atoms with van der Waals surface area (Å²) in [5, 5.41) is 0. The van der Waals surface area contributed by atoms with Gasteiger partial charge in [0.25, 0.3) is 0 Å². The molecule has 92 valence electrons. The molecule has 0 radical (unpaired) electrons. The van der Waals surface area contributed by atoms with Gasteiger partial charge in [0.2, 0.25) is 0 Å². The lowest BCUT2D eigenvalue weighted by Crippen LogP contribution is -2.01. The Morgan fingerprint density at radius 2 is 2.11 bits per heavy atom. The molecule has 0 atom stereocenters. The second-order valence-electron chi connectivity index (χ2n) is 3.70. The zero-order chi connectivity index (χ0) is 12.8. The molecule has 0 N–H and O–H groups in total. The molecule has 2 aromatic rings. The largest absolute Gasteiger partial charge is 0.466 e. The van der Waals surface area contributed by atoms with Crippen molar-refractivity contribution >= 4 is 23.1 Å². The molecule has 0 unspecified atom stereocenters. The lowest BCUT2D eigenvalue weighted by atomic mass is 10.3. The van der Waals surface area contributed by atoms with Crippen molar-refractivity contribution < 1.29 is 9.53 Å². The molecular formula is C14H14N2O2. The summed E-state index contributed by atoms with van der Waals surface area (Å²) in [7, 11) is 0. The molecule has 2 rings (SSSR count). The number of esters is 1. The fourth-order valence-electron chi connectivity index (χ4n) is 1.55. The van der Waals surface area contributed by atoms with E-state index in [1.165, 1.54) is 0 Å². The van der Waals surface area contributed by atoms with Gasteiger partial charge >= 0.3 is 5.97 Å². The van der Waals surface area contributed by atoms with Gasteiger partial charge in [-0.1, -0.05) is 18.2 Å². The van der Waals surface area contributed by atoms with Gasteiger partial charge in [-0.3, -0.25) is 9.78 Å². The van der Waals surface area contributed by atoms with Gasteiger partial charge < -0.3 is 4.74 Å². The van der Waals surface area contributed by atoms with Crippen LogP contribution in [0.1, 0.15) is 19.0 Å². The predicted octanol–water partition coefficient (Wildman–Crippen LogP) is 2.60. The lowest BCUT2D eigenvalue weighted by molar-refractivity contribution is -0.142. The minimum Gasteiger partial charge on any atom is -0.466 e. The molecule has 1 heterocycles. The van der Waals surface area contributed by atoms with Crippen LogP contribution in [0.4, 0.5) is 0 Å². The first-order valence-corrected chi connectivity index (χ1v) is 5.83. The van der Waals surface area contributed by atoms with Crippen LogP contribution >= 0.6 is 0 Å². The van der Waals surface area contributed by atoms with Crippen molar-refractivity contribution in [2.75, 3.05) is 6.61 Å². The summed E-state index contributed by atoms with van der Waals surface area (Å²) in [6, 6.07) is 7.66. The van der Waals surface area contributed by atoms with Crippen LogP contribution in [0.5, 0.6) is 0 Å². The molecule has 0 aliphatic heterocycles. The Hall–Kier alpha value is -2.23. The van der Waals surface area contributed by atoms with Crippen LogP contribution in [0.3, 0.4) is 0 Å². The molecule has 18 heavy (non-hydrogen) atoms. The number of para-hydroxylation sites is 2. The number of nitrogens with zero attached hydrogens (tertiary/aromatic N) is 2. The number of aromatic nitrogens is 2. The maximum absolute atomic E-state index is 11.1. The van der Waals surface area contributed by atoms with Gasteiger partial charge in [-0.15, -0.1) is 0 Å². The van der Waals surface area contributed by atoms with Crippen molar-refractivity contribution in [1.82, 2.24) is 9.97 Å². The summed E-state index contributed by atoms with van der Waals surface area (Å²) in [6.07, 6.45) is 5.44. The highest BCUT2D eigenvalue weighted by atomic mass is 16.5. The number of fused-ring (bicyclic) bond motifs is 1. The van der Waals surface area contributed by atoms with Crippen molar-refractivity contribution in [3.8, 4) is 0 Å². The van der Waals surface area contributed by atoms with E-state index in [0.29, 0.717) is 6.61 Å². The Labute approximate surface area is 105 Å². The molecular weight excluding hydrogens is 228 g/mol. The molecule has 1 aromatic carbocycles. The first-order valence-electron chi connectivity index (χ1n) is 5.83. The van der Waals surface area contributed by atoms with E-state index >= 15 is 0 Å². The first kappa shape index (κ1) is 12.2. The van der Waals surface area contributed by atoms with E-state index in [-0.39, 0.29) is 12.4 Å². The van der Waals surface area contributed by atoms with Crippen molar-refractivity contribution in [2.45, 2.75) is 13.3 Å². The SMILES string of the molecule is CCOC(=O)CC=Cc1cnc2ccccc2n1. The average molecular weight is 242 g/mol. The smallest absolute Gasteiger partial charge is 0.309 e. The predicted molar refractivity (Wildman–Crippen MR) is 69.8 cm³/mol. The molecule has 4 heteroatoms. The number of hydrogen-bond donors (Lipinski definition) is 0. The van der Waals surface area contributed by atoms with E-state index < -0.39 is 0 Å². The highest BCUT2D eigenvalue weighted by Crippen LogP contribution is 2.09. The van der Waals surface area contributed by atoms with Crippen LogP contribution in [0.2, 0.25) is 0 Å². The van der Waals surface area contributed by atoms with E-state index in [1.54, 1.807) is 25.3 Å². The molecule has 0 saturated heterocycles. The summed E-state index contributed by atoms with van der Waals surface area (Å²) in [5.74, 6) is -0.234. The van der Waals surface area contributed by atoms with E-state index in [2.05, 4.69) is 9.97 Å². The number of benzene rings is 1. The topological polar surface area (TPSA) is 52.1 Å². The molecule has 0 aliphatic carbocycles. The third-order valence-corrected chi connectivity index (χ3v) is 2.35. The lowest BCUT2D eigenvalue weighted by Gasteiger charge is -1.98. The van der Waals surface area contributed by atoms with Crippen LogP contribution in [0, 0.1) is 0 Å². The Morgan fingerprint density at radius 3 is 2.89 bits per heavy atom. The number of carbonyl (C=O) groups is 1. The van der Waals surface area contributed by atoms with Gasteiger partial charge in [-0.2, -0.15) is 0 Å². The molecule has 4 nitrogen and oxygen atoms in total. The second kappa shape index (κ2) is 5.91. The van der Waals surface area contributed by atoms with Crippen LogP contribution in [0.15, 0.2) is 36.5 Å². The fourth-order valence-corrected chi connectivity index (χ4v) is 1.55. The van der Waals surface area contributed by atoms with Crippen molar-refractivity contribution in [1.29, 1.82) is 0 Å². The highest BCUT2D eigenvalue weighted by molar-refractivity contribution is 5.75. The van der Waals surface area contributed by atoms with Gasteiger partial charge in [0.05, 0.1) is 36.0 Å². The normalized spacial score (nSPS) is 10.9. The molecule has 0 saturated carbocycles. The Balaban J connectivity index is 2.07. The van der Waals surface area contributed by atoms with Gasteiger partial charge in [0.15, 0.2) is 0 Å². The maximum atomic E-state index is 11.1. The van der Waals surface area contributed by atoms with Gasteiger partial charge in [-0.05, 0) is 25.1 Å². The Bertz CT molecular complexity index is 579. The zero-order valence-corrected chi connectivity index (χ0v) is 10.2. The van der Waals surface area contributed by atoms with Gasteiger partial charge in [0, 0.05) is 0 Å². The minimum atomic E-state index is -0.234. The first-order chi connectivity index (χ1) is 8.79. The molecule has 0 aliphatic rings. The second-order valence-corrected chi connectivity index (χ2v) is 3.70. The van der Waals surface area contributed by atoms with Crippen LogP contribution in [0.25, 0.3) is 17.1 Å². The summed E-state index contributed by atoms with van der Waals surface area (Å²) >= 11 is 0. The third-order valence-electron chi connectivity index (χ3n) is 2.35. The number of carbonyl (C=O) groups excluding carboxylic acids is 1. The van der Waals surface area contributed by atoms with Crippen LogP contribution in [-0.2, 0) is 9.53 Å². The third kappa shape index (κ3) is 3.13. The maximum Gasteiger partial charge on any atom is 0.309 e. The molecule has 0 fully saturated rings. The number of ether oxygens (including phenoxy) is 1. The molecule has 0 bridgehead atoms. The summed E-state index contributed by atoms with van der Waals surface area (Å²) in [4.78, 5) is 19.8. The Kier molecular flexibility index (Phi) is 4.02. The quantitative estimate of drug-likeness (QED) is 0.773. The summed E-state index contributed by atoms with van der Waals surface area (Å²) in [5.41, 5.74) is 2.44. The van der Waals surface area contributed by atoms with E-state index in [1.807, 2.05) is 24.3 Å². The average Bonchev–Trinajstić information content (AvgIpc) is 2.39. The molecule has 1 aromatic heterocycles.